The van der Waals surface area contributed by atoms with Crippen molar-refractivity contribution in [1.82, 2.24) is 0 Å². The largest absolute Gasteiger partial charge is 0.412 e. The summed E-state index contributed by atoms with van der Waals surface area (Å²) in [5.41, 5.74) is 6.25. The standard InChI is InChI=1S/C36H39F5/c1-24-2-7-26(8-3-24)28-12-14-30(15-13-28)33-21-20-31(34(37)22-33)11-6-25-4-9-27(10-5-25)29-16-18-32(19-17-29)35(38)23-36(39,40)41/h4-5,9-10,12-15,20-24,26,29,32H,2-3,6-8,11,16-19H2,1H3/b35-23-. The number of halogens is 5. The van der Waals surface area contributed by atoms with E-state index in [0.717, 1.165) is 28.2 Å². The van der Waals surface area contributed by atoms with Crippen molar-refractivity contribution in [3.05, 3.63) is 107 Å². The first-order chi connectivity index (χ1) is 19.6. The van der Waals surface area contributed by atoms with Crippen molar-refractivity contribution in [2.24, 2.45) is 11.8 Å². The molecule has 0 radical (unpaired) electrons. The van der Waals surface area contributed by atoms with E-state index in [-0.39, 0.29) is 17.8 Å². The molecular formula is C36H39F5. The topological polar surface area (TPSA) is 0 Å². The first-order valence-corrected chi connectivity index (χ1v) is 15.1. The number of allylic oxidation sites excluding steroid dienone is 2. The first-order valence-electron chi connectivity index (χ1n) is 15.1. The molecule has 5 rings (SSSR count). The highest BCUT2D eigenvalue weighted by Gasteiger charge is 2.30. The van der Waals surface area contributed by atoms with Crippen molar-refractivity contribution in [2.75, 3.05) is 0 Å². The zero-order valence-corrected chi connectivity index (χ0v) is 23.7. The Hall–Kier alpha value is -2.95. The predicted molar refractivity (Wildman–Crippen MR) is 156 cm³/mol. The van der Waals surface area contributed by atoms with Crippen LogP contribution in [0.4, 0.5) is 22.0 Å². The van der Waals surface area contributed by atoms with Gasteiger partial charge in [-0.15, -0.1) is 0 Å². The van der Waals surface area contributed by atoms with Crippen LogP contribution < -0.4 is 0 Å². The average molecular weight is 567 g/mol. The number of rotatable bonds is 7. The van der Waals surface area contributed by atoms with E-state index in [2.05, 4.69) is 43.3 Å². The minimum atomic E-state index is -4.61. The van der Waals surface area contributed by atoms with Crippen LogP contribution in [-0.2, 0) is 12.8 Å². The molecule has 3 aromatic rings. The third-order valence-corrected chi connectivity index (χ3v) is 9.34. The molecule has 3 aromatic carbocycles. The summed E-state index contributed by atoms with van der Waals surface area (Å²) in [5, 5.41) is 0. The van der Waals surface area contributed by atoms with E-state index in [1.807, 2.05) is 24.3 Å². The van der Waals surface area contributed by atoms with Gasteiger partial charge in [0.25, 0.3) is 0 Å². The average Bonchev–Trinajstić information content (AvgIpc) is 2.96. The van der Waals surface area contributed by atoms with Gasteiger partial charge in [-0.3, -0.25) is 0 Å². The maximum absolute atomic E-state index is 15.0. The fraction of sp³-hybridized carbons (Fsp3) is 0.444. The van der Waals surface area contributed by atoms with E-state index in [1.165, 1.54) is 31.2 Å². The molecule has 0 aliphatic heterocycles. The zero-order valence-electron chi connectivity index (χ0n) is 23.7. The predicted octanol–water partition coefficient (Wildman–Crippen LogP) is 11.3. The normalized spacial score (nSPS) is 23.9. The quantitative estimate of drug-likeness (QED) is 0.250. The Morgan fingerprint density at radius 2 is 1.24 bits per heavy atom. The van der Waals surface area contributed by atoms with Gasteiger partial charge in [0.05, 0.1) is 6.08 Å². The molecule has 2 saturated carbocycles. The maximum Gasteiger partial charge on any atom is 0.412 e. The van der Waals surface area contributed by atoms with Crippen molar-refractivity contribution >= 4 is 0 Å². The van der Waals surface area contributed by atoms with Crippen LogP contribution in [0.2, 0.25) is 0 Å². The van der Waals surface area contributed by atoms with Crippen molar-refractivity contribution in [3.63, 3.8) is 0 Å². The monoisotopic (exact) mass is 566 g/mol. The van der Waals surface area contributed by atoms with Gasteiger partial charge in [-0.2, -0.15) is 13.2 Å². The van der Waals surface area contributed by atoms with Crippen molar-refractivity contribution in [1.29, 1.82) is 0 Å². The number of hydrogen-bond acceptors (Lipinski definition) is 0. The second-order valence-electron chi connectivity index (χ2n) is 12.2. The molecule has 0 N–H and O–H groups in total. The Kier molecular flexibility index (Phi) is 9.31. The van der Waals surface area contributed by atoms with Gasteiger partial charge in [0.2, 0.25) is 0 Å². The highest BCUT2D eigenvalue weighted by atomic mass is 19.4. The van der Waals surface area contributed by atoms with E-state index in [4.69, 9.17) is 0 Å². The number of alkyl halides is 3. The van der Waals surface area contributed by atoms with Gasteiger partial charge in [-0.1, -0.05) is 80.4 Å². The van der Waals surface area contributed by atoms with Crippen LogP contribution in [-0.4, -0.2) is 6.18 Å². The molecule has 218 valence electrons. The van der Waals surface area contributed by atoms with Gasteiger partial charge >= 0.3 is 6.18 Å². The Bertz CT molecular complexity index is 1300. The summed E-state index contributed by atoms with van der Waals surface area (Å²) < 4.78 is 66.3. The molecular weight excluding hydrogens is 527 g/mol. The molecule has 0 atom stereocenters. The van der Waals surface area contributed by atoms with E-state index in [9.17, 15) is 17.6 Å². The molecule has 5 heteroatoms. The maximum atomic E-state index is 15.0. The van der Waals surface area contributed by atoms with Gasteiger partial charge in [-0.05, 0) is 109 Å². The van der Waals surface area contributed by atoms with Crippen LogP contribution in [0.15, 0.2) is 78.6 Å². The highest BCUT2D eigenvalue weighted by Crippen LogP contribution is 2.40. The van der Waals surface area contributed by atoms with E-state index >= 15 is 4.39 Å². The molecule has 0 amide bonds. The second-order valence-corrected chi connectivity index (χ2v) is 12.2. The molecule has 0 nitrogen and oxygen atoms in total. The van der Waals surface area contributed by atoms with Gasteiger partial charge in [0.15, 0.2) is 0 Å². The molecule has 0 unspecified atom stereocenters. The van der Waals surface area contributed by atoms with Gasteiger partial charge in [0, 0.05) is 5.92 Å². The molecule has 0 saturated heterocycles. The lowest BCUT2D eigenvalue weighted by Crippen LogP contribution is -2.15. The third kappa shape index (κ3) is 7.87. The molecule has 0 aromatic heterocycles. The van der Waals surface area contributed by atoms with E-state index < -0.39 is 17.9 Å². The minimum Gasteiger partial charge on any atom is -0.212 e. The fourth-order valence-corrected chi connectivity index (χ4v) is 6.68. The lowest BCUT2D eigenvalue weighted by Gasteiger charge is -2.28. The summed E-state index contributed by atoms with van der Waals surface area (Å²) in [6.07, 6.45) is 3.77. The molecule has 41 heavy (non-hydrogen) atoms. The Balaban J connectivity index is 1.13. The van der Waals surface area contributed by atoms with Crippen LogP contribution in [0.5, 0.6) is 0 Å². The smallest absolute Gasteiger partial charge is 0.212 e. The SMILES string of the molecule is CC1CCC(c2ccc(-c3ccc(CCc4ccc(C5CCC(/C(F)=C/C(F)(F)F)CC5)cc4)c(F)c3)cc2)CC1. The molecule has 0 bridgehead atoms. The number of aryl methyl sites for hydroxylation is 2. The van der Waals surface area contributed by atoms with Crippen molar-refractivity contribution in [2.45, 2.75) is 89.1 Å². The lowest BCUT2D eigenvalue weighted by atomic mass is 9.78. The third-order valence-electron chi connectivity index (χ3n) is 9.34. The summed E-state index contributed by atoms with van der Waals surface area (Å²) in [4.78, 5) is 0. The lowest BCUT2D eigenvalue weighted by molar-refractivity contribution is -0.0820. The van der Waals surface area contributed by atoms with Crippen LogP contribution >= 0.6 is 0 Å². The van der Waals surface area contributed by atoms with Gasteiger partial charge in [-0.25, -0.2) is 8.78 Å². The van der Waals surface area contributed by atoms with Gasteiger partial charge in [0.1, 0.15) is 11.6 Å². The van der Waals surface area contributed by atoms with Crippen LogP contribution in [0.25, 0.3) is 11.1 Å². The Morgan fingerprint density at radius 1 is 0.707 bits per heavy atom. The molecule has 2 fully saturated rings. The Morgan fingerprint density at radius 3 is 1.80 bits per heavy atom. The van der Waals surface area contributed by atoms with Crippen LogP contribution in [0.1, 0.15) is 92.4 Å². The molecule has 0 heterocycles. The van der Waals surface area contributed by atoms with Crippen LogP contribution in [0.3, 0.4) is 0 Å². The number of benzene rings is 3. The Labute approximate surface area is 240 Å². The number of hydrogen-bond donors (Lipinski definition) is 0. The minimum absolute atomic E-state index is 0.187. The molecule has 0 spiro atoms. The summed E-state index contributed by atoms with van der Waals surface area (Å²) in [7, 11) is 0. The first kappa shape index (κ1) is 29.5. The summed E-state index contributed by atoms with van der Waals surface area (Å²) >= 11 is 0. The summed E-state index contributed by atoms with van der Waals surface area (Å²) in [6.45, 7) is 2.33. The van der Waals surface area contributed by atoms with E-state index in [0.29, 0.717) is 50.0 Å². The van der Waals surface area contributed by atoms with Crippen LogP contribution in [0, 0.1) is 17.7 Å². The second kappa shape index (κ2) is 12.9. The summed E-state index contributed by atoms with van der Waals surface area (Å²) in [5.74, 6) is -0.177. The van der Waals surface area contributed by atoms with E-state index in [1.54, 1.807) is 6.07 Å². The van der Waals surface area contributed by atoms with Crippen molar-refractivity contribution < 1.29 is 22.0 Å². The summed E-state index contributed by atoms with van der Waals surface area (Å²) in [6, 6.07) is 22.4. The highest BCUT2D eigenvalue weighted by molar-refractivity contribution is 5.64. The molecule has 2 aliphatic carbocycles. The fourth-order valence-electron chi connectivity index (χ4n) is 6.68. The van der Waals surface area contributed by atoms with Crippen molar-refractivity contribution in [3.8, 4) is 11.1 Å². The van der Waals surface area contributed by atoms with Gasteiger partial charge < -0.3 is 0 Å². The zero-order chi connectivity index (χ0) is 29.0. The molecule has 2 aliphatic rings.